The fourth-order valence-corrected chi connectivity index (χ4v) is 5.50. The Morgan fingerprint density at radius 2 is 1.74 bits per heavy atom. The highest BCUT2D eigenvalue weighted by Gasteiger charge is 2.45. The third-order valence-corrected chi connectivity index (χ3v) is 7.57. The second kappa shape index (κ2) is 11.7. The maximum atomic E-state index is 13.4. The van der Waals surface area contributed by atoms with Gasteiger partial charge >= 0.3 is 18.1 Å². The van der Waals surface area contributed by atoms with Gasteiger partial charge in [-0.05, 0) is 29.7 Å². The summed E-state index contributed by atoms with van der Waals surface area (Å²) in [6, 6.07) is 12.3. The number of nitrogens with one attached hydrogen (secondary N) is 2. The number of thioether (sulfide) groups is 1. The van der Waals surface area contributed by atoms with Crippen molar-refractivity contribution < 1.29 is 37.1 Å². The summed E-state index contributed by atoms with van der Waals surface area (Å²) in [6.07, 6.45) is -2.83. The molecule has 1 amide bonds. The molecule has 2 aliphatic rings. The largest absolute Gasteiger partial charge is 0.436 e. The highest BCUT2D eigenvalue weighted by atomic mass is 32.2. The lowest BCUT2D eigenvalue weighted by Gasteiger charge is -2.41. The summed E-state index contributed by atoms with van der Waals surface area (Å²) in [5.74, 6) is -2.87. The molecule has 204 valence electrons. The lowest BCUT2D eigenvalue weighted by Crippen LogP contribution is -2.50. The van der Waals surface area contributed by atoms with Crippen molar-refractivity contribution in [3.05, 3.63) is 71.3 Å². The minimum absolute atomic E-state index is 0.0809. The number of nitrogens with zero attached hydrogens (tertiary/aromatic N) is 1. The maximum absolute atomic E-state index is 13.4. The molecule has 0 saturated carbocycles. The average molecular weight is 552 g/mol. The van der Waals surface area contributed by atoms with Crippen LogP contribution in [0.1, 0.15) is 55.0 Å². The smallest absolute Gasteiger partial charge is 0.421 e. The van der Waals surface area contributed by atoms with Crippen molar-refractivity contribution in [1.82, 2.24) is 15.7 Å². The molecule has 2 fully saturated rings. The van der Waals surface area contributed by atoms with E-state index in [1.807, 2.05) is 6.92 Å². The van der Waals surface area contributed by atoms with E-state index in [1.165, 1.54) is 17.2 Å². The van der Waals surface area contributed by atoms with Crippen molar-refractivity contribution in [3.63, 3.8) is 0 Å². The molecule has 0 aliphatic carbocycles. The number of ether oxygens (including phenoxy) is 1. The average Bonchev–Trinajstić information content (AvgIpc) is 3.27. The summed E-state index contributed by atoms with van der Waals surface area (Å²) >= 11 is 1.09. The van der Waals surface area contributed by atoms with Crippen molar-refractivity contribution in [2.75, 3.05) is 18.8 Å². The first-order valence-electron chi connectivity index (χ1n) is 12.2. The van der Waals surface area contributed by atoms with Gasteiger partial charge < -0.3 is 20.2 Å². The number of rotatable bonds is 7. The zero-order valence-electron chi connectivity index (χ0n) is 20.6. The number of amides is 1. The van der Waals surface area contributed by atoms with Crippen molar-refractivity contribution >= 4 is 29.6 Å². The summed E-state index contributed by atoms with van der Waals surface area (Å²) in [5.41, 5.74) is 0.150. The molecule has 4 rings (SSSR count). The number of piperazine rings is 1. The number of hydrogen-bond acceptors (Lipinski definition) is 8. The van der Waals surface area contributed by atoms with Gasteiger partial charge in [-0.1, -0.05) is 67.6 Å². The van der Waals surface area contributed by atoms with Crippen LogP contribution < -0.4 is 10.6 Å². The maximum Gasteiger partial charge on any atom is 0.436 e. The van der Waals surface area contributed by atoms with Crippen LogP contribution in [0.2, 0.25) is 0 Å². The topological polar surface area (TPSA) is 97.0 Å². The first-order valence-corrected chi connectivity index (χ1v) is 13.2. The molecular weight excluding hydrogens is 523 g/mol. The lowest BCUT2D eigenvalue weighted by molar-refractivity contribution is -0.229. The first kappa shape index (κ1) is 27.9. The van der Waals surface area contributed by atoms with E-state index in [0.717, 1.165) is 35.9 Å². The van der Waals surface area contributed by atoms with E-state index in [1.54, 1.807) is 30.3 Å². The number of carbonyl (C=O) groups excluding carboxylic acids is 3. The molecule has 2 heterocycles. The zero-order chi connectivity index (χ0) is 27.3. The molecule has 2 aromatic carbocycles. The van der Waals surface area contributed by atoms with Gasteiger partial charge in [0.1, 0.15) is 0 Å². The van der Waals surface area contributed by atoms with Gasteiger partial charge in [-0.25, -0.2) is 9.59 Å². The monoisotopic (exact) mass is 551 g/mol. The summed E-state index contributed by atoms with van der Waals surface area (Å²) in [6.45, 7) is 2.42. The minimum Gasteiger partial charge on any atom is -0.421 e. The SMILES string of the molecule is CCCCC1(OC(=O)C(=O)ON2C(c3ccccc3)CNCC2c2cccc(C(F)(F)F)c2)NC(=O)CS1. The van der Waals surface area contributed by atoms with E-state index in [2.05, 4.69) is 10.6 Å². The van der Waals surface area contributed by atoms with Crippen LogP contribution in [0.5, 0.6) is 0 Å². The third-order valence-electron chi connectivity index (χ3n) is 6.31. The molecule has 2 saturated heterocycles. The van der Waals surface area contributed by atoms with Crippen molar-refractivity contribution in [1.29, 1.82) is 0 Å². The van der Waals surface area contributed by atoms with Gasteiger partial charge in [-0.2, -0.15) is 13.2 Å². The number of benzene rings is 2. The quantitative estimate of drug-likeness (QED) is 0.392. The summed E-state index contributed by atoms with van der Waals surface area (Å²) in [4.78, 5) is 43.3. The van der Waals surface area contributed by atoms with Gasteiger partial charge in [-0.15, -0.1) is 5.06 Å². The van der Waals surface area contributed by atoms with Gasteiger partial charge in [0.15, 0.2) is 0 Å². The minimum atomic E-state index is -4.56. The predicted molar refractivity (Wildman–Crippen MR) is 133 cm³/mol. The van der Waals surface area contributed by atoms with Gasteiger partial charge in [0, 0.05) is 19.5 Å². The molecule has 3 unspecified atom stereocenters. The molecule has 0 spiro atoms. The molecule has 12 heteroatoms. The zero-order valence-corrected chi connectivity index (χ0v) is 21.4. The number of esters is 1. The van der Waals surface area contributed by atoms with E-state index in [4.69, 9.17) is 9.57 Å². The van der Waals surface area contributed by atoms with E-state index < -0.39 is 40.8 Å². The number of carbonyl (C=O) groups is 3. The van der Waals surface area contributed by atoms with E-state index >= 15 is 0 Å². The van der Waals surface area contributed by atoms with E-state index in [9.17, 15) is 27.6 Å². The summed E-state index contributed by atoms with van der Waals surface area (Å²) in [5, 5.41) is 5.69. The number of hydroxylamine groups is 2. The summed E-state index contributed by atoms with van der Waals surface area (Å²) in [7, 11) is 0. The van der Waals surface area contributed by atoms with Crippen molar-refractivity contribution in [3.8, 4) is 0 Å². The molecule has 0 radical (unpaired) electrons. The van der Waals surface area contributed by atoms with Gasteiger partial charge in [0.25, 0.3) is 0 Å². The van der Waals surface area contributed by atoms with Crippen LogP contribution in [0.25, 0.3) is 0 Å². The Bertz CT molecular complexity index is 1170. The highest BCUT2D eigenvalue weighted by molar-refractivity contribution is 8.01. The van der Waals surface area contributed by atoms with Crippen molar-refractivity contribution in [2.24, 2.45) is 0 Å². The Morgan fingerprint density at radius 3 is 2.37 bits per heavy atom. The van der Waals surface area contributed by atoms with Crippen LogP contribution in [0.4, 0.5) is 13.2 Å². The van der Waals surface area contributed by atoms with Gasteiger partial charge in [0.2, 0.25) is 11.0 Å². The van der Waals surface area contributed by atoms with Crippen LogP contribution >= 0.6 is 11.8 Å². The molecular formula is C26H28F3N3O5S. The molecule has 2 aromatic rings. The number of alkyl halides is 3. The van der Waals surface area contributed by atoms with Gasteiger partial charge in [0.05, 0.1) is 23.4 Å². The Kier molecular flexibility index (Phi) is 8.64. The second-order valence-corrected chi connectivity index (χ2v) is 10.3. The Balaban J connectivity index is 1.61. The van der Waals surface area contributed by atoms with Gasteiger partial charge in [-0.3, -0.25) is 4.79 Å². The second-order valence-electron chi connectivity index (χ2n) is 9.05. The van der Waals surface area contributed by atoms with Crippen LogP contribution in [0.15, 0.2) is 54.6 Å². The molecule has 3 atom stereocenters. The first-order chi connectivity index (χ1) is 18.1. The van der Waals surface area contributed by atoms with Crippen LogP contribution in [0, 0.1) is 0 Å². The molecule has 2 N–H and O–H groups in total. The Hall–Kier alpha value is -3.09. The fraction of sp³-hybridized carbons (Fsp3) is 0.423. The highest BCUT2D eigenvalue weighted by Crippen LogP contribution is 2.38. The Morgan fingerprint density at radius 1 is 1.05 bits per heavy atom. The van der Waals surface area contributed by atoms with Crippen molar-refractivity contribution in [2.45, 2.75) is 49.5 Å². The predicted octanol–water partition coefficient (Wildman–Crippen LogP) is 4.10. The molecule has 0 aromatic heterocycles. The van der Waals surface area contributed by atoms with E-state index in [0.29, 0.717) is 19.4 Å². The molecule has 0 bridgehead atoms. The summed E-state index contributed by atoms with van der Waals surface area (Å²) < 4.78 is 45.7. The van der Waals surface area contributed by atoms with Crippen LogP contribution in [-0.2, 0) is 30.1 Å². The lowest BCUT2D eigenvalue weighted by atomic mass is 9.97. The number of unbranched alkanes of at least 4 members (excludes halogenated alkanes) is 1. The van der Waals surface area contributed by atoms with E-state index in [-0.39, 0.29) is 23.8 Å². The van der Waals surface area contributed by atoms with Crippen LogP contribution in [0.3, 0.4) is 0 Å². The molecule has 38 heavy (non-hydrogen) atoms. The number of hydrogen-bond donors (Lipinski definition) is 2. The fourth-order valence-electron chi connectivity index (χ4n) is 4.45. The standard InChI is InChI=1S/C26H28F3N3O5S/c1-2-3-12-25(31-22(33)16-38-25)36-23(34)24(35)37-32-20(17-8-5-4-6-9-17)14-30-15-21(32)18-10-7-11-19(13-18)26(27,28)29/h4-11,13,20-21,30H,2-3,12,14-16H2,1H3,(H,31,33). The Labute approximate surface area is 222 Å². The number of halogens is 3. The normalized spacial score (nSPS) is 24.1. The van der Waals surface area contributed by atoms with Crippen LogP contribution in [-0.4, -0.2) is 46.8 Å². The molecule has 8 nitrogen and oxygen atoms in total. The third kappa shape index (κ3) is 6.48. The molecule has 2 aliphatic heterocycles.